The number of nitrogens with one attached hydrogen (secondary N) is 1. The van der Waals surface area contributed by atoms with Crippen LogP contribution in [0, 0.1) is 0 Å². The smallest absolute Gasteiger partial charge is 0.320 e. The van der Waals surface area contributed by atoms with Crippen molar-refractivity contribution in [2.75, 3.05) is 6.54 Å². The van der Waals surface area contributed by atoms with Crippen LogP contribution in [0.25, 0.3) is 0 Å². The quantitative estimate of drug-likeness (QED) is 0.730. The predicted molar refractivity (Wildman–Crippen MR) is 61.2 cm³/mol. The maximum Gasteiger partial charge on any atom is 0.320 e. The minimum atomic E-state index is -0.828. The van der Waals surface area contributed by atoms with Gasteiger partial charge in [-0.3, -0.25) is 4.79 Å². The lowest BCUT2D eigenvalue weighted by molar-refractivity contribution is -0.140. The molecule has 1 aliphatic heterocycles. The summed E-state index contributed by atoms with van der Waals surface area (Å²) in [5, 5.41) is 21.3. The zero-order chi connectivity index (χ0) is 12.3. The van der Waals surface area contributed by atoms with E-state index in [1.807, 2.05) is 0 Å². The molecule has 0 aromatic heterocycles. The molecule has 17 heavy (non-hydrogen) atoms. The van der Waals surface area contributed by atoms with Crippen LogP contribution in [0.4, 0.5) is 0 Å². The Kier molecular flexibility index (Phi) is 3.49. The van der Waals surface area contributed by atoms with E-state index >= 15 is 0 Å². The van der Waals surface area contributed by atoms with Gasteiger partial charge in [-0.15, -0.1) is 0 Å². The zero-order valence-electron chi connectivity index (χ0n) is 9.30. The number of aromatic hydroxyl groups is 1. The topological polar surface area (TPSA) is 78.8 Å². The van der Waals surface area contributed by atoms with Gasteiger partial charge < -0.3 is 20.3 Å². The van der Waals surface area contributed by atoms with E-state index in [0.29, 0.717) is 25.1 Å². The molecule has 1 heterocycles. The van der Waals surface area contributed by atoms with E-state index in [9.17, 15) is 9.90 Å². The molecule has 1 saturated heterocycles. The van der Waals surface area contributed by atoms with Crippen molar-refractivity contribution in [2.24, 2.45) is 0 Å². The highest BCUT2D eigenvalue weighted by molar-refractivity contribution is 5.73. The van der Waals surface area contributed by atoms with Gasteiger partial charge in [0.25, 0.3) is 0 Å². The van der Waals surface area contributed by atoms with Crippen molar-refractivity contribution in [3.8, 4) is 11.5 Å². The standard InChI is InChI=1S/C12H15NO4/c14-10-3-1-2-4-11(10)17-8-5-6-9(12(15)16)13-7-8/h1-4,8-9,13-14H,5-7H2,(H,15,16). The third-order valence-electron chi connectivity index (χ3n) is 2.83. The Bertz CT molecular complexity index is 399. The Morgan fingerprint density at radius 3 is 2.71 bits per heavy atom. The van der Waals surface area contributed by atoms with Crippen LogP contribution in [-0.2, 0) is 4.79 Å². The molecule has 1 aromatic carbocycles. The van der Waals surface area contributed by atoms with E-state index in [1.54, 1.807) is 24.3 Å². The highest BCUT2D eigenvalue weighted by atomic mass is 16.5. The number of benzene rings is 1. The van der Waals surface area contributed by atoms with Crippen molar-refractivity contribution in [3.63, 3.8) is 0 Å². The SMILES string of the molecule is O=C(O)C1CCC(Oc2ccccc2O)CN1. The minimum absolute atomic E-state index is 0.0982. The molecule has 0 spiro atoms. The number of hydrogen-bond acceptors (Lipinski definition) is 4. The number of aliphatic carboxylic acids is 1. The number of rotatable bonds is 3. The average molecular weight is 237 g/mol. The van der Waals surface area contributed by atoms with Gasteiger partial charge in [0.05, 0.1) is 0 Å². The molecule has 1 aromatic rings. The van der Waals surface area contributed by atoms with Crippen molar-refractivity contribution < 1.29 is 19.7 Å². The molecule has 0 amide bonds. The Balaban J connectivity index is 1.90. The molecule has 2 rings (SSSR count). The van der Waals surface area contributed by atoms with Gasteiger partial charge in [0, 0.05) is 6.54 Å². The van der Waals surface area contributed by atoms with Gasteiger partial charge in [-0.25, -0.2) is 0 Å². The second kappa shape index (κ2) is 5.05. The van der Waals surface area contributed by atoms with E-state index in [4.69, 9.17) is 9.84 Å². The molecule has 2 atom stereocenters. The van der Waals surface area contributed by atoms with Crippen molar-refractivity contribution in [1.82, 2.24) is 5.32 Å². The first-order valence-corrected chi connectivity index (χ1v) is 5.57. The number of para-hydroxylation sites is 2. The van der Waals surface area contributed by atoms with Crippen LogP contribution in [0.2, 0.25) is 0 Å². The summed E-state index contributed by atoms with van der Waals surface area (Å²) in [6, 6.07) is 6.27. The lowest BCUT2D eigenvalue weighted by Gasteiger charge is -2.28. The second-order valence-corrected chi connectivity index (χ2v) is 4.08. The monoisotopic (exact) mass is 237 g/mol. The van der Waals surface area contributed by atoms with Gasteiger partial charge in [-0.1, -0.05) is 12.1 Å². The summed E-state index contributed by atoms with van der Waals surface area (Å²) >= 11 is 0. The molecule has 1 fully saturated rings. The van der Waals surface area contributed by atoms with Crippen molar-refractivity contribution in [2.45, 2.75) is 25.0 Å². The first kappa shape index (κ1) is 11.7. The maximum absolute atomic E-state index is 10.7. The number of carboxylic acids is 1. The summed E-state index contributed by atoms with van der Waals surface area (Å²) in [4.78, 5) is 10.7. The van der Waals surface area contributed by atoms with Crippen molar-refractivity contribution in [3.05, 3.63) is 24.3 Å². The van der Waals surface area contributed by atoms with Crippen molar-refractivity contribution in [1.29, 1.82) is 0 Å². The minimum Gasteiger partial charge on any atom is -0.504 e. The molecule has 2 unspecified atom stereocenters. The van der Waals surface area contributed by atoms with Gasteiger partial charge >= 0.3 is 5.97 Å². The van der Waals surface area contributed by atoms with Gasteiger partial charge in [-0.2, -0.15) is 0 Å². The van der Waals surface area contributed by atoms with E-state index in [0.717, 1.165) is 0 Å². The van der Waals surface area contributed by atoms with Crippen LogP contribution in [0.15, 0.2) is 24.3 Å². The highest BCUT2D eigenvalue weighted by Crippen LogP contribution is 2.27. The number of hydrogen-bond donors (Lipinski definition) is 3. The molecule has 5 nitrogen and oxygen atoms in total. The van der Waals surface area contributed by atoms with Crippen LogP contribution < -0.4 is 10.1 Å². The van der Waals surface area contributed by atoms with Gasteiger partial charge in [-0.05, 0) is 25.0 Å². The number of ether oxygens (including phenoxy) is 1. The van der Waals surface area contributed by atoms with E-state index < -0.39 is 12.0 Å². The first-order valence-electron chi connectivity index (χ1n) is 5.57. The van der Waals surface area contributed by atoms with Crippen LogP contribution in [-0.4, -0.2) is 34.9 Å². The van der Waals surface area contributed by atoms with Gasteiger partial charge in [0.15, 0.2) is 11.5 Å². The van der Waals surface area contributed by atoms with E-state index in [-0.39, 0.29) is 11.9 Å². The number of carboxylic acid groups (broad SMARTS) is 1. The molecular weight excluding hydrogens is 222 g/mol. The van der Waals surface area contributed by atoms with E-state index in [2.05, 4.69) is 5.32 Å². The van der Waals surface area contributed by atoms with Crippen LogP contribution in [0.5, 0.6) is 11.5 Å². The van der Waals surface area contributed by atoms with Gasteiger partial charge in [0.2, 0.25) is 0 Å². The summed E-state index contributed by atoms with van der Waals surface area (Å²) in [6.07, 6.45) is 1.10. The Morgan fingerprint density at radius 1 is 1.35 bits per heavy atom. The first-order chi connectivity index (χ1) is 8.16. The number of carbonyl (C=O) groups is 1. The Morgan fingerprint density at radius 2 is 2.12 bits per heavy atom. The lowest BCUT2D eigenvalue weighted by atomic mass is 10.0. The third-order valence-corrected chi connectivity index (χ3v) is 2.83. The Hall–Kier alpha value is -1.75. The molecule has 0 aliphatic carbocycles. The fourth-order valence-corrected chi connectivity index (χ4v) is 1.88. The zero-order valence-corrected chi connectivity index (χ0v) is 9.30. The second-order valence-electron chi connectivity index (χ2n) is 4.08. The summed E-state index contributed by atoms with van der Waals surface area (Å²) in [5.41, 5.74) is 0. The molecule has 0 saturated carbocycles. The summed E-state index contributed by atoms with van der Waals surface area (Å²) in [5.74, 6) is -0.285. The lowest BCUT2D eigenvalue weighted by Crippen LogP contribution is -2.47. The number of phenolic OH excluding ortho intramolecular Hbond substituents is 1. The number of phenols is 1. The molecule has 92 valence electrons. The number of piperidine rings is 1. The summed E-state index contributed by atoms with van der Waals surface area (Å²) in [7, 11) is 0. The molecule has 5 heteroatoms. The molecular formula is C12H15NO4. The van der Waals surface area contributed by atoms with Crippen LogP contribution in [0.1, 0.15) is 12.8 Å². The molecule has 0 bridgehead atoms. The summed E-state index contributed by atoms with van der Waals surface area (Å²) in [6.45, 7) is 0.477. The highest BCUT2D eigenvalue weighted by Gasteiger charge is 2.26. The third kappa shape index (κ3) is 2.88. The van der Waals surface area contributed by atoms with Crippen LogP contribution >= 0.6 is 0 Å². The van der Waals surface area contributed by atoms with E-state index in [1.165, 1.54) is 0 Å². The fraction of sp³-hybridized carbons (Fsp3) is 0.417. The maximum atomic E-state index is 10.7. The molecule has 1 aliphatic rings. The van der Waals surface area contributed by atoms with Gasteiger partial charge in [0.1, 0.15) is 12.1 Å². The fourth-order valence-electron chi connectivity index (χ4n) is 1.88. The molecule has 0 radical (unpaired) electrons. The average Bonchev–Trinajstić information content (AvgIpc) is 2.33. The Labute approximate surface area is 99.0 Å². The van der Waals surface area contributed by atoms with Crippen molar-refractivity contribution >= 4 is 5.97 Å². The molecule has 3 N–H and O–H groups in total. The normalized spacial score (nSPS) is 24.2. The largest absolute Gasteiger partial charge is 0.504 e. The predicted octanol–water partition coefficient (Wildman–Crippen LogP) is 0.976. The van der Waals surface area contributed by atoms with Crippen LogP contribution in [0.3, 0.4) is 0 Å². The summed E-state index contributed by atoms with van der Waals surface area (Å²) < 4.78 is 5.61.